The van der Waals surface area contributed by atoms with E-state index in [-0.39, 0.29) is 6.61 Å². The molecule has 33 heavy (non-hydrogen) atoms. The van der Waals surface area contributed by atoms with Crippen molar-refractivity contribution in [2.45, 2.75) is 13.1 Å². The van der Waals surface area contributed by atoms with Crippen molar-refractivity contribution in [1.29, 1.82) is 0 Å². The molecule has 9 heteroatoms. The molecule has 172 valence electrons. The summed E-state index contributed by atoms with van der Waals surface area (Å²) in [5.74, 6) is 1.22. The molecule has 2 heterocycles. The van der Waals surface area contributed by atoms with Crippen molar-refractivity contribution in [2.75, 3.05) is 32.2 Å². The van der Waals surface area contributed by atoms with E-state index in [1.54, 1.807) is 35.7 Å². The highest BCUT2D eigenvalue weighted by Gasteiger charge is 2.31. The monoisotopic (exact) mass is 456 g/mol. The number of benzene rings is 2. The van der Waals surface area contributed by atoms with Crippen molar-refractivity contribution < 1.29 is 23.0 Å². The van der Waals surface area contributed by atoms with Crippen LogP contribution in [0.2, 0.25) is 0 Å². The van der Waals surface area contributed by atoms with Gasteiger partial charge < -0.3 is 14.7 Å². The lowest BCUT2D eigenvalue weighted by Gasteiger charge is -2.19. The van der Waals surface area contributed by atoms with Crippen LogP contribution in [0.4, 0.5) is 19.0 Å². The van der Waals surface area contributed by atoms with E-state index < -0.39 is 11.7 Å². The van der Waals surface area contributed by atoms with Gasteiger partial charge >= 0.3 is 6.18 Å². The fourth-order valence-corrected chi connectivity index (χ4v) is 3.73. The van der Waals surface area contributed by atoms with Gasteiger partial charge in [-0.3, -0.25) is 0 Å². The van der Waals surface area contributed by atoms with E-state index in [9.17, 15) is 18.3 Å². The number of halogens is 3. The van der Waals surface area contributed by atoms with Crippen molar-refractivity contribution in [3.05, 3.63) is 65.9 Å². The highest BCUT2D eigenvalue weighted by Crippen LogP contribution is 2.36. The third kappa shape index (κ3) is 4.36. The summed E-state index contributed by atoms with van der Waals surface area (Å²) in [5, 5.41) is 14.0. The van der Waals surface area contributed by atoms with Gasteiger partial charge in [0.25, 0.3) is 0 Å². The maximum atomic E-state index is 13.4. The number of aryl methyl sites for hydroxylation is 1. The molecule has 1 N–H and O–H groups in total. The van der Waals surface area contributed by atoms with Gasteiger partial charge in [-0.1, -0.05) is 24.3 Å². The van der Waals surface area contributed by atoms with Crippen LogP contribution >= 0.6 is 0 Å². The predicted molar refractivity (Wildman–Crippen MR) is 121 cm³/mol. The smallest absolute Gasteiger partial charge is 0.416 e. The maximum Gasteiger partial charge on any atom is 0.416 e. The molecule has 0 bridgehead atoms. The van der Waals surface area contributed by atoms with Crippen molar-refractivity contribution in [3.8, 4) is 28.1 Å². The van der Waals surface area contributed by atoms with Crippen LogP contribution in [0.25, 0.3) is 28.0 Å². The van der Waals surface area contributed by atoms with Crippen LogP contribution in [0, 0.1) is 6.92 Å². The average molecular weight is 456 g/mol. The predicted octanol–water partition coefficient (Wildman–Crippen LogP) is 4.83. The van der Waals surface area contributed by atoms with E-state index in [1.807, 2.05) is 31.2 Å². The molecule has 0 amide bonds. The Hall–Kier alpha value is -3.59. The Morgan fingerprint density at radius 2 is 1.79 bits per heavy atom. The van der Waals surface area contributed by atoms with Gasteiger partial charge in [-0.05, 0) is 36.8 Å². The van der Waals surface area contributed by atoms with Crippen LogP contribution in [0.1, 0.15) is 11.3 Å². The van der Waals surface area contributed by atoms with Crippen LogP contribution in [0.5, 0.6) is 5.75 Å². The average Bonchev–Trinajstić information content (AvgIpc) is 3.13. The summed E-state index contributed by atoms with van der Waals surface area (Å²) in [5.41, 5.74) is 2.90. The van der Waals surface area contributed by atoms with Gasteiger partial charge in [0.2, 0.25) is 0 Å². The summed E-state index contributed by atoms with van der Waals surface area (Å²) >= 11 is 0. The molecule has 4 rings (SSSR count). The van der Waals surface area contributed by atoms with Gasteiger partial charge in [0, 0.05) is 30.8 Å². The molecule has 0 saturated carbocycles. The van der Waals surface area contributed by atoms with E-state index in [0.717, 1.165) is 23.3 Å². The maximum absolute atomic E-state index is 13.4. The third-order valence-electron chi connectivity index (χ3n) is 5.44. The number of hydrogen-bond acceptors (Lipinski definition) is 5. The Balaban J connectivity index is 1.98. The molecule has 0 aliphatic rings. The highest BCUT2D eigenvalue weighted by atomic mass is 19.4. The summed E-state index contributed by atoms with van der Waals surface area (Å²) in [6.07, 6.45) is -4.47. The Labute approximate surface area is 188 Å². The number of fused-ring (bicyclic) bond motifs is 1. The van der Waals surface area contributed by atoms with Crippen molar-refractivity contribution in [1.82, 2.24) is 14.6 Å². The molecular weight excluding hydrogens is 433 g/mol. The lowest BCUT2D eigenvalue weighted by molar-refractivity contribution is -0.137. The summed E-state index contributed by atoms with van der Waals surface area (Å²) in [6.45, 7) is 2.06. The Morgan fingerprint density at radius 3 is 2.42 bits per heavy atom. The van der Waals surface area contributed by atoms with Crippen molar-refractivity contribution >= 4 is 11.5 Å². The molecule has 0 unspecified atom stereocenters. The summed E-state index contributed by atoms with van der Waals surface area (Å²) in [6, 6.07) is 14.2. The van der Waals surface area contributed by atoms with E-state index in [4.69, 9.17) is 9.72 Å². The first-order valence-corrected chi connectivity index (χ1v) is 10.3. The van der Waals surface area contributed by atoms with Crippen LogP contribution in [-0.4, -0.2) is 47.0 Å². The van der Waals surface area contributed by atoms with E-state index in [1.165, 1.54) is 6.07 Å². The molecule has 6 nitrogen and oxygen atoms in total. The molecular formula is C24H23F3N4O2. The summed E-state index contributed by atoms with van der Waals surface area (Å²) in [7, 11) is 3.35. The Kier molecular flexibility index (Phi) is 5.99. The van der Waals surface area contributed by atoms with Crippen molar-refractivity contribution in [3.63, 3.8) is 0 Å². The van der Waals surface area contributed by atoms with Gasteiger partial charge in [-0.25, -0.2) is 9.50 Å². The zero-order valence-corrected chi connectivity index (χ0v) is 18.4. The zero-order valence-electron chi connectivity index (χ0n) is 18.4. The largest absolute Gasteiger partial charge is 0.497 e. The quantitative estimate of drug-likeness (QED) is 0.450. The van der Waals surface area contributed by atoms with Crippen LogP contribution in [0.3, 0.4) is 0 Å². The topological polar surface area (TPSA) is 62.9 Å². The molecule has 4 aromatic rings. The van der Waals surface area contributed by atoms with E-state index >= 15 is 0 Å². The first kappa shape index (κ1) is 22.6. The molecule has 0 spiro atoms. The first-order valence-electron chi connectivity index (χ1n) is 10.3. The van der Waals surface area contributed by atoms with Gasteiger partial charge in [0.15, 0.2) is 5.65 Å². The van der Waals surface area contributed by atoms with Crippen LogP contribution < -0.4 is 9.64 Å². The lowest BCUT2D eigenvalue weighted by atomic mass is 10.1. The summed E-state index contributed by atoms with van der Waals surface area (Å²) in [4.78, 5) is 6.50. The molecule has 0 radical (unpaired) electrons. The van der Waals surface area contributed by atoms with Crippen molar-refractivity contribution in [2.24, 2.45) is 0 Å². The number of likely N-dealkylation sites (N-methyl/N-ethyl adjacent to an activating group) is 1. The van der Waals surface area contributed by atoms with Gasteiger partial charge in [-0.15, -0.1) is 0 Å². The number of ether oxygens (including phenoxy) is 1. The number of anilines is 1. The second kappa shape index (κ2) is 8.74. The summed E-state index contributed by atoms with van der Waals surface area (Å²) < 4.78 is 46.9. The Bertz CT molecular complexity index is 1280. The van der Waals surface area contributed by atoms with E-state index in [2.05, 4.69) is 5.10 Å². The number of hydrogen-bond donors (Lipinski definition) is 1. The SMILES string of the molecule is COc1ccc(-c2c(C)nn3c(-c4cccc(C(F)(F)F)c4)cc(N(C)CCO)nc23)cc1. The lowest BCUT2D eigenvalue weighted by Crippen LogP contribution is -2.22. The minimum Gasteiger partial charge on any atom is -0.497 e. The number of nitrogens with zero attached hydrogens (tertiary/aromatic N) is 4. The highest BCUT2D eigenvalue weighted by molar-refractivity contribution is 5.83. The van der Waals surface area contributed by atoms with Gasteiger partial charge in [0.1, 0.15) is 11.6 Å². The standard InChI is InChI=1S/C24H23F3N4O2/c1-15-22(16-7-9-19(33-3)10-8-16)23-28-21(30(2)11-12-32)14-20(31(23)29-15)17-5-4-6-18(13-17)24(25,26)27/h4-10,13-14,32H,11-12H2,1-3H3. The number of aliphatic hydroxyl groups is 1. The number of aromatic nitrogens is 3. The zero-order chi connectivity index (χ0) is 23.8. The molecule has 0 atom stereocenters. The molecule has 0 aliphatic carbocycles. The number of methoxy groups -OCH3 is 1. The van der Waals surface area contributed by atoms with Crippen LogP contribution in [-0.2, 0) is 6.18 Å². The molecule has 2 aromatic carbocycles. The first-order chi connectivity index (χ1) is 15.7. The fraction of sp³-hybridized carbons (Fsp3) is 0.250. The minimum atomic E-state index is -4.47. The third-order valence-corrected chi connectivity index (χ3v) is 5.44. The number of alkyl halides is 3. The molecule has 2 aromatic heterocycles. The second-order valence-corrected chi connectivity index (χ2v) is 7.65. The second-order valence-electron chi connectivity index (χ2n) is 7.65. The Morgan fingerprint density at radius 1 is 1.06 bits per heavy atom. The molecule has 0 aliphatic heterocycles. The number of aliphatic hydroxyl groups excluding tert-OH is 1. The fourth-order valence-electron chi connectivity index (χ4n) is 3.73. The molecule has 0 saturated heterocycles. The molecule has 0 fully saturated rings. The normalized spacial score (nSPS) is 11.7. The van der Waals surface area contributed by atoms with Crippen LogP contribution in [0.15, 0.2) is 54.6 Å². The van der Waals surface area contributed by atoms with Gasteiger partial charge in [0.05, 0.1) is 30.7 Å². The van der Waals surface area contributed by atoms with E-state index in [0.29, 0.717) is 40.7 Å². The number of rotatable bonds is 6. The minimum absolute atomic E-state index is 0.0914. The van der Waals surface area contributed by atoms with Gasteiger partial charge in [-0.2, -0.15) is 18.3 Å².